The highest BCUT2D eigenvalue weighted by Crippen LogP contribution is 2.45. The van der Waals surface area contributed by atoms with Gasteiger partial charge in [-0.2, -0.15) is 9.12 Å². The fraction of sp³-hybridized carbons (Fsp3) is 0.296. The largest absolute Gasteiger partial charge is 0.494 e. The lowest BCUT2D eigenvalue weighted by molar-refractivity contribution is -0.387. The van der Waals surface area contributed by atoms with E-state index in [0.717, 1.165) is 41.4 Å². The number of esters is 1. The number of hydrogen-bond acceptors (Lipinski definition) is 9. The number of rotatable bonds is 9. The molecule has 0 unspecified atom stereocenters. The molecule has 202 valence electrons. The maximum atomic E-state index is 14.2. The van der Waals surface area contributed by atoms with Crippen molar-refractivity contribution >= 4 is 34.2 Å². The molecule has 39 heavy (non-hydrogen) atoms. The van der Waals surface area contributed by atoms with Gasteiger partial charge in [-0.1, -0.05) is 18.2 Å². The minimum Gasteiger partial charge on any atom is -0.494 e. The lowest BCUT2D eigenvalue weighted by Crippen LogP contribution is -2.14. The Labute approximate surface area is 222 Å². The molecule has 0 aliphatic heterocycles. The molecule has 2 heterocycles. The smallest absolute Gasteiger partial charge is 0.342 e. The number of anilines is 2. The summed E-state index contributed by atoms with van der Waals surface area (Å²) in [5, 5.41) is 15.0. The first-order valence-corrected chi connectivity index (χ1v) is 12.3. The normalized spacial score (nSPS) is 13.0. The average Bonchev–Trinajstić information content (AvgIpc) is 3.68. The molecule has 0 radical (unpaired) electrons. The number of ether oxygens (including phenoxy) is 2. The van der Waals surface area contributed by atoms with Gasteiger partial charge in [-0.15, -0.1) is 0 Å². The van der Waals surface area contributed by atoms with Crippen LogP contribution < -0.4 is 14.9 Å². The van der Waals surface area contributed by atoms with Gasteiger partial charge in [0.15, 0.2) is 0 Å². The molecular weight excluding hydrogens is 509 g/mol. The van der Waals surface area contributed by atoms with Crippen molar-refractivity contribution in [2.75, 3.05) is 19.5 Å². The molecule has 0 atom stereocenters. The van der Waals surface area contributed by atoms with Crippen LogP contribution in [-0.4, -0.2) is 45.9 Å². The number of carbonyl (C=O) groups is 1. The Bertz CT molecular complexity index is 1600. The van der Waals surface area contributed by atoms with Gasteiger partial charge < -0.3 is 19.6 Å². The highest BCUT2D eigenvalue weighted by Gasteiger charge is 2.29. The first-order chi connectivity index (χ1) is 18.7. The predicted molar refractivity (Wildman–Crippen MR) is 141 cm³/mol. The third-order valence-corrected chi connectivity index (χ3v) is 6.36. The zero-order chi connectivity index (χ0) is 27.8. The Morgan fingerprint density at radius 2 is 2.03 bits per heavy atom. The zero-order valence-corrected chi connectivity index (χ0v) is 21.7. The van der Waals surface area contributed by atoms with Crippen molar-refractivity contribution < 1.29 is 28.4 Å². The molecule has 0 spiro atoms. The summed E-state index contributed by atoms with van der Waals surface area (Å²) < 4.78 is 26.5. The number of nitrogens with one attached hydrogen (secondary N) is 1. The zero-order valence-electron chi connectivity index (χ0n) is 21.7. The van der Waals surface area contributed by atoms with Crippen LogP contribution in [-0.2, 0) is 4.74 Å². The van der Waals surface area contributed by atoms with Gasteiger partial charge in [0.1, 0.15) is 18.4 Å². The molecule has 2 aromatic carbocycles. The van der Waals surface area contributed by atoms with Gasteiger partial charge in [0.05, 0.1) is 41.2 Å². The van der Waals surface area contributed by atoms with Gasteiger partial charge in [-0.3, -0.25) is 10.1 Å². The van der Waals surface area contributed by atoms with Crippen LogP contribution in [0.2, 0.25) is 0 Å². The molecular formula is C27H26FN5O6. The minimum atomic E-state index is -1.05. The van der Waals surface area contributed by atoms with Crippen molar-refractivity contribution in [3.05, 3.63) is 69.8 Å². The number of methoxy groups -OCH3 is 1. The summed E-state index contributed by atoms with van der Waals surface area (Å²) in [7, 11) is 2.86. The third kappa shape index (κ3) is 4.92. The van der Waals surface area contributed by atoms with Gasteiger partial charge in [0.2, 0.25) is 11.8 Å². The van der Waals surface area contributed by atoms with Crippen LogP contribution in [0.1, 0.15) is 48.5 Å². The molecule has 0 amide bonds. The Balaban J connectivity index is 1.67. The number of nitro groups is 1. The monoisotopic (exact) mass is 535 g/mol. The number of benzene rings is 2. The van der Waals surface area contributed by atoms with Gasteiger partial charge >= 0.3 is 11.7 Å². The molecule has 0 bridgehead atoms. The Hall–Kier alpha value is -4.74. The number of fused-ring (bicyclic) bond motifs is 1. The highest BCUT2D eigenvalue weighted by molar-refractivity contribution is 6.03. The third-order valence-electron chi connectivity index (χ3n) is 6.36. The molecule has 1 N–H and O–H groups in total. The number of carbonyl (C=O) groups excluding carboxylic acids is 1. The molecule has 1 fully saturated rings. The van der Waals surface area contributed by atoms with E-state index in [1.54, 1.807) is 31.9 Å². The molecule has 4 aromatic rings. The molecule has 0 saturated heterocycles. The van der Waals surface area contributed by atoms with Gasteiger partial charge in [0.25, 0.3) is 0 Å². The van der Waals surface area contributed by atoms with E-state index in [-0.39, 0.29) is 34.7 Å². The molecule has 2 aromatic heterocycles. The molecule has 1 aliphatic carbocycles. The molecule has 12 heteroatoms. The van der Waals surface area contributed by atoms with E-state index in [9.17, 15) is 19.3 Å². The number of nitrogens with zero attached hydrogens (tertiary/aromatic N) is 4. The van der Waals surface area contributed by atoms with Crippen molar-refractivity contribution in [1.29, 1.82) is 0 Å². The van der Waals surface area contributed by atoms with Crippen LogP contribution in [0, 0.1) is 15.9 Å². The Kier molecular flexibility index (Phi) is 6.77. The topological polar surface area (TPSA) is 131 Å². The SMILES string of the molecule is COc1cc(F)c([N+](=O)[O-])cc1Nc1ncc(C(=O)OC(C)C)c(-c2cn(OC)c3c(C4CC4)cccc23)n1. The van der Waals surface area contributed by atoms with E-state index in [1.807, 2.05) is 12.1 Å². The van der Waals surface area contributed by atoms with Crippen LogP contribution in [0.5, 0.6) is 5.75 Å². The maximum absolute atomic E-state index is 14.2. The van der Waals surface area contributed by atoms with E-state index in [1.165, 1.54) is 13.3 Å². The van der Waals surface area contributed by atoms with Crippen molar-refractivity contribution in [1.82, 2.24) is 14.7 Å². The summed E-state index contributed by atoms with van der Waals surface area (Å²) in [6.45, 7) is 3.47. The number of hydrogen-bond donors (Lipinski definition) is 1. The highest BCUT2D eigenvalue weighted by atomic mass is 19.1. The summed E-state index contributed by atoms with van der Waals surface area (Å²) >= 11 is 0. The second kappa shape index (κ2) is 10.2. The van der Waals surface area contributed by atoms with Crippen LogP contribution in [0.4, 0.5) is 21.7 Å². The van der Waals surface area contributed by atoms with E-state index < -0.39 is 22.4 Å². The van der Waals surface area contributed by atoms with Gasteiger partial charge in [0, 0.05) is 29.3 Å². The predicted octanol–water partition coefficient (Wildman–Crippen LogP) is 5.40. The van der Waals surface area contributed by atoms with Gasteiger partial charge in [-0.25, -0.2) is 14.8 Å². The fourth-order valence-corrected chi connectivity index (χ4v) is 4.48. The average molecular weight is 536 g/mol. The Morgan fingerprint density at radius 3 is 2.67 bits per heavy atom. The first kappa shape index (κ1) is 25.9. The van der Waals surface area contributed by atoms with Crippen LogP contribution >= 0.6 is 0 Å². The van der Waals surface area contributed by atoms with Crippen molar-refractivity contribution in [2.24, 2.45) is 0 Å². The number of nitro benzene ring substituents is 1. The fourth-order valence-electron chi connectivity index (χ4n) is 4.48. The summed E-state index contributed by atoms with van der Waals surface area (Å²) in [5.41, 5.74) is 2.34. The molecule has 11 nitrogen and oxygen atoms in total. The standard InChI is InChI=1S/C27H26FN5O6/c1-14(2)39-26(34)18-12-29-27(30-21-11-22(33(35)36)20(28)10-23(21)37-3)31-24(18)19-13-32(38-4)25-16(15-8-9-15)6-5-7-17(19)25/h5-7,10-15H,8-9H2,1-4H3,(H,29,30,31). The lowest BCUT2D eigenvalue weighted by atomic mass is 10.0. The number of para-hydroxylation sites is 1. The maximum Gasteiger partial charge on any atom is 0.342 e. The molecule has 1 aliphatic rings. The van der Waals surface area contributed by atoms with E-state index >= 15 is 0 Å². The second-order valence-electron chi connectivity index (χ2n) is 9.36. The lowest BCUT2D eigenvalue weighted by Gasteiger charge is -2.14. The van der Waals surface area contributed by atoms with Crippen molar-refractivity contribution in [3.8, 4) is 17.0 Å². The van der Waals surface area contributed by atoms with Crippen LogP contribution in [0.25, 0.3) is 22.2 Å². The first-order valence-electron chi connectivity index (χ1n) is 12.3. The van der Waals surface area contributed by atoms with E-state index in [2.05, 4.69) is 21.4 Å². The van der Waals surface area contributed by atoms with Gasteiger partial charge in [-0.05, 0) is 38.2 Å². The Morgan fingerprint density at radius 1 is 1.26 bits per heavy atom. The number of halogens is 1. The molecule has 5 rings (SSSR count). The van der Waals surface area contributed by atoms with Crippen molar-refractivity contribution in [3.63, 3.8) is 0 Å². The summed E-state index contributed by atoms with van der Waals surface area (Å²) in [6.07, 6.45) is 4.86. The number of aromatic nitrogens is 3. The summed E-state index contributed by atoms with van der Waals surface area (Å²) in [4.78, 5) is 38.0. The minimum absolute atomic E-state index is 0.00182. The van der Waals surface area contributed by atoms with E-state index in [0.29, 0.717) is 11.5 Å². The summed E-state index contributed by atoms with van der Waals surface area (Å²) in [5.74, 6) is -1.22. The quantitative estimate of drug-likeness (QED) is 0.170. The second-order valence-corrected chi connectivity index (χ2v) is 9.36. The molecule has 1 saturated carbocycles. The summed E-state index contributed by atoms with van der Waals surface area (Å²) in [6, 6.07) is 7.84. The van der Waals surface area contributed by atoms with E-state index in [4.69, 9.17) is 14.3 Å². The van der Waals surface area contributed by atoms with Crippen LogP contribution in [0.3, 0.4) is 0 Å². The van der Waals surface area contributed by atoms with Crippen molar-refractivity contribution in [2.45, 2.75) is 38.7 Å². The van der Waals surface area contributed by atoms with Crippen LogP contribution in [0.15, 0.2) is 42.7 Å².